The second kappa shape index (κ2) is 5.58. The minimum absolute atomic E-state index is 0.225. The Morgan fingerprint density at radius 3 is 2.69 bits per heavy atom. The van der Waals surface area contributed by atoms with E-state index in [1.807, 2.05) is 14.0 Å². The Bertz CT molecular complexity index is 135. The number of hydrogen-bond acceptors (Lipinski definition) is 3. The summed E-state index contributed by atoms with van der Waals surface area (Å²) in [5.41, 5.74) is 0. The first kappa shape index (κ1) is 11.0. The Morgan fingerprint density at radius 1 is 1.46 bits per heavy atom. The van der Waals surface area contributed by atoms with Gasteiger partial charge in [0.25, 0.3) is 0 Å². The normalized spacial score (nSPS) is 29.8. The van der Waals surface area contributed by atoms with Gasteiger partial charge < -0.3 is 14.8 Å². The molecule has 0 aromatic rings. The van der Waals surface area contributed by atoms with Crippen LogP contribution in [0.25, 0.3) is 0 Å². The smallest absolute Gasteiger partial charge is 0.0776 e. The van der Waals surface area contributed by atoms with E-state index in [1.54, 1.807) is 7.11 Å². The molecule has 0 saturated heterocycles. The van der Waals surface area contributed by atoms with Gasteiger partial charge in [0, 0.05) is 7.11 Å². The second-order valence-corrected chi connectivity index (χ2v) is 3.90. The first-order chi connectivity index (χ1) is 6.26. The summed E-state index contributed by atoms with van der Waals surface area (Å²) in [6.07, 6.45) is 3.12. The molecule has 0 aliphatic heterocycles. The van der Waals surface area contributed by atoms with Gasteiger partial charge in [-0.15, -0.1) is 0 Å². The van der Waals surface area contributed by atoms with E-state index in [9.17, 15) is 0 Å². The summed E-state index contributed by atoms with van der Waals surface area (Å²) < 4.78 is 10.8. The van der Waals surface area contributed by atoms with Crippen molar-refractivity contribution in [3.8, 4) is 0 Å². The van der Waals surface area contributed by atoms with Crippen LogP contribution in [0.4, 0.5) is 0 Å². The van der Waals surface area contributed by atoms with Crippen molar-refractivity contribution >= 4 is 0 Å². The summed E-state index contributed by atoms with van der Waals surface area (Å²) in [7, 11) is 3.72. The lowest BCUT2D eigenvalue weighted by Crippen LogP contribution is -2.38. The molecule has 1 N–H and O–H groups in total. The zero-order valence-electron chi connectivity index (χ0n) is 8.88. The van der Waals surface area contributed by atoms with Crippen LogP contribution in [-0.4, -0.2) is 39.5 Å². The fourth-order valence-corrected chi connectivity index (χ4v) is 1.61. The zero-order valence-corrected chi connectivity index (χ0v) is 8.88. The monoisotopic (exact) mass is 187 g/mol. The summed E-state index contributed by atoms with van der Waals surface area (Å²) >= 11 is 0. The maximum atomic E-state index is 5.65. The Hall–Kier alpha value is -0.120. The number of rotatable bonds is 6. The predicted molar refractivity (Wildman–Crippen MR) is 52.9 cm³/mol. The third-order valence-corrected chi connectivity index (χ3v) is 2.65. The number of methoxy groups -OCH3 is 1. The van der Waals surface area contributed by atoms with E-state index in [1.165, 1.54) is 12.8 Å². The topological polar surface area (TPSA) is 30.5 Å². The maximum absolute atomic E-state index is 5.65. The Balaban J connectivity index is 1.95. The molecule has 0 amide bonds. The number of hydrogen-bond donors (Lipinski definition) is 1. The molecular formula is C10H21NO2. The van der Waals surface area contributed by atoms with Gasteiger partial charge in [-0.3, -0.25) is 0 Å². The first-order valence-corrected chi connectivity index (χ1v) is 5.05. The molecule has 78 valence electrons. The summed E-state index contributed by atoms with van der Waals surface area (Å²) in [5, 5.41) is 3.19. The van der Waals surface area contributed by atoms with Crippen LogP contribution in [0.15, 0.2) is 0 Å². The van der Waals surface area contributed by atoms with Crippen LogP contribution in [0.5, 0.6) is 0 Å². The molecular weight excluding hydrogens is 166 g/mol. The van der Waals surface area contributed by atoms with Gasteiger partial charge in [0.05, 0.1) is 18.8 Å². The average Bonchev–Trinajstić information content (AvgIpc) is 2.08. The van der Waals surface area contributed by atoms with Crippen molar-refractivity contribution in [3.05, 3.63) is 0 Å². The van der Waals surface area contributed by atoms with E-state index >= 15 is 0 Å². The molecule has 0 radical (unpaired) electrons. The van der Waals surface area contributed by atoms with Crippen molar-refractivity contribution in [2.75, 3.05) is 27.3 Å². The van der Waals surface area contributed by atoms with Crippen LogP contribution in [0, 0.1) is 5.92 Å². The quantitative estimate of drug-likeness (QED) is 0.674. The molecule has 1 unspecified atom stereocenters. The fourth-order valence-electron chi connectivity index (χ4n) is 1.61. The van der Waals surface area contributed by atoms with E-state index in [2.05, 4.69) is 5.32 Å². The molecule has 0 bridgehead atoms. The van der Waals surface area contributed by atoms with Crippen molar-refractivity contribution in [1.82, 2.24) is 5.32 Å². The standard InChI is InChI=1S/C10H21NO2/c1-8(12-3)7-13-10-4-9(5-10)6-11-2/h8-11H,4-7H2,1-3H3. The summed E-state index contributed by atoms with van der Waals surface area (Å²) in [6.45, 7) is 3.89. The Morgan fingerprint density at radius 2 is 2.15 bits per heavy atom. The summed E-state index contributed by atoms with van der Waals surface area (Å²) in [4.78, 5) is 0. The highest BCUT2D eigenvalue weighted by molar-refractivity contribution is 4.81. The highest BCUT2D eigenvalue weighted by Gasteiger charge is 2.29. The van der Waals surface area contributed by atoms with Crippen LogP contribution in [-0.2, 0) is 9.47 Å². The molecule has 1 fully saturated rings. The number of ether oxygens (including phenoxy) is 2. The van der Waals surface area contributed by atoms with Crippen molar-refractivity contribution in [1.29, 1.82) is 0 Å². The minimum atomic E-state index is 0.225. The van der Waals surface area contributed by atoms with Gasteiger partial charge in [-0.2, -0.15) is 0 Å². The Kier molecular flexibility index (Phi) is 4.70. The molecule has 0 aromatic carbocycles. The molecule has 1 aliphatic carbocycles. The predicted octanol–water partition coefficient (Wildman–Crippen LogP) is 1.04. The van der Waals surface area contributed by atoms with E-state index in [4.69, 9.17) is 9.47 Å². The summed E-state index contributed by atoms with van der Waals surface area (Å²) in [5.74, 6) is 0.827. The van der Waals surface area contributed by atoms with Crippen molar-refractivity contribution in [3.63, 3.8) is 0 Å². The van der Waals surface area contributed by atoms with Gasteiger partial charge in [-0.1, -0.05) is 0 Å². The van der Waals surface area contributed by atoms with Crippen LogP contribution < -0.4 is 5.32 Å². The van der Waals surface area contributed by atoms with E-state index < -0.39 is 0 Å². The van der Waals surface area contributed by atoms with Gasteiger partial charge in [0.1, 0.15) is 0 Å². The third-order valence-electron chi connectivity index (χ3n) is 2.65. The molecule has 1 atom stereocenters. The second-order valence-electron chi connectivity index (χ2n) is 3.90. The van der Waals surface area contributed by atoms with Gasteiger partial charge in [-0.05, 0) is 39.3 Å². The van der Waals surface area contributed by atoms with Crippen molar-refractivity contribution < 1.29 is 9.47 Å². The van der Waals surface area contributed by atoms with Gasteiger partial charge in [-0.25, -0.2) is 0 Å². The summed E-state index contributed by atoms with van der Waals surface area (Å²) in [6, 6.07) is 0. The average molecular weight is 187 g/mol. The molecule has 0 spiro atoms. The van der Waals surface area contributed by atoms with Crippen LogP contribution in [0.3, 0.4) is 0 Å². The molecule has 3 nitrogen and oxygen atoms in total. The minimum Gasteiger partial charge on any atom is -0.379 e. The van der Waals surface area contributed by atoms with E-state index in [0.29, 0.717) is 6.10 Å². The Labute approximate surface area is 80.8 Å². The lowest BCUT2D eigenvalue weighted by molar-refractivity contribution is -0.0680. The largest absolute Gasteiger partial charge is 0.379 e. The highest BCUT2D eigenvalue weighted by Crippen LogP contribution is 2.29. The van der Waals surface area contributed by atoms with E-state index in [-0.39, 0.29) is 6.10 Å². The lowest BCUT2D eigenvalue weighted by Gasteiger charge is -2.35. The third kappa shape index (κ3) is 3.63. The van der Waals surface area contributed by atoms with Crippen LogP contribution in [0.2, 0.25) is 0 Å². The molecule has 1 saturated carbocycles. The number of nitrogens with one attached hydrogen (secondary N) is 1. The first-order valence-electron chi connectivity index (χ1n) is 5.05. The molecule has 0 aromatic heterocycles. The molecule has 0 heterocycles. The SMILES string of the molecule is CNCC1CC(OCC(C)OC)C1. The van der Waals surface area contributed by atoms with Crippen molar-refractivity contribution in [2.24, 2.45) is 5.92 Å². The highest BCUT2D eigenvalue weighted by atomic mass is 16.5. The molecule has 1 rings (SSSR count). The fraction of sp³-hybridized carbons (Fsp3) is 1.00. The van der Waals surface area contributed by atoms with Crippen LogP contribution >= 0.6 is 0 Å². The molecule has 1 aliphatic rings. The maximum Gasteiger partial charge on any atom is 0.0776 e. The van der Waals surface area contributed by atoms with Gasteiger partial charge in [0.15, 0.2) is 0 Å². The molecule has 13 heavy (non-hydrogen) atoms. The van der Waals surface area contributed by atoms with Crippen molar-refractivity contribution in [2.45, 2.75) is 32.0 Å². The van der Waals surface area contributed by atoms with Crippen LogP contribution in [0.1, 0.15) is 19.8 Å². The van der Waals surface area contributed by atoms with Gasteiger partial charge >= 0.3 is 0 Å². The zero-order chi connectivity index (χ0) is 9.68. The lowest BCUT2D eigenvalue weighted by atomic mass is 9.82. The van der Waals surface area contributed by atoms with Gasteiger partial charge in [0.2, 0.25) is 0 Å². The molecule has 3 heteroatoms. The van der Waals surface area contributed by atoms with E-state index in [0.717, 1.165) is 19.1 Å².